The van der Waals surface area contributed by atoms with E-state index in [1.165, 1.54) is 0 Å². The number of hydrogen-bond donors (Lipinski definition) is 1. The van der Waals surface area contributed by atoms with E-state index in [4.69, 9.17) is 5.11 Å². The lowest BCUT2D eigenvalue weighted by molar-refractivity contribution is -0.148. The summed E-state index contributed by atoms with van der Waals surface area (Å²) in [5.74, 6) is -2.12. The molecule has 0 rings (SSSR count). The van der Waals surface area contributed by atoms with Crippen LogP contribution in [0.4, 0.5) is 13.2 Å². The molecule has 0 aliphatic carbocycles. The van der Waals surface area contributed by atoms with Crippen LogP contribution in [-0.2, 0) is 4.79 Å². The highest BCUT2D eigenvalue weighted by molar-refractivity contribution is 5.72. The third-order valence-electron chi connectivity index (χ3n) is 0.457. The normalized spacial score (nSPS) is 14.0. The van der Waals surface area contributed by atoms with Crippen LogP contribution in [0.3, 0.4) is 0 Å². The maximum absolute atomic E-state index is 11.3. The van der Waals surface area contributed by atoms with E-state index in [9.17, 15) is 18.0 Å². The summed E-state index contributed by atoms with van der Waals surface area (Å²) in [7, 11) is 0. The van der Waals surface area contributed by atoms with Crippen molar-refractivity contribution in [3.8, 4) is 0 Å². The zero-order chi connectivity index (χ0) is 6.73. The highest BCUT2D eigenvalue weighted by Crippen LogP contribution is 2.03. The molecule has 0 aromatic heterocycles. The van der Waals surface area contributed by atoms with Gasteiger partial charge in [-0.1, -0.05) is 0 Å². The lowest BCUT2D eigenvalue weighted by Crippen LogP contribution is -2.22. The number of hydrogen-bond acceptors (Lipinski definition) is 1. The smallest absolute Gasteiger partial charge is 0.344 e. The predicted molar refractivity (Wildman–Crippen MR) is 18.5 cm³/mol. The van der Waals surface area contributed by atoms with Crippen molar-refractivity contribution in [2.24, 2.45) is 0 Å². The molecule has 0 aliphatic heterocycles. The molecule has 5 heteroatoms. The number of carbonyl (C=O) groups is 1. The van der Waals surface area contributed by atoms with Gasteiger partial charge in [0.2, 0.25) is 0 Å². The molecule has 0 spiro atoms. The Kier molecular flexibility index (Phi) is 2.30. The first kappa shape index (κ1) is 7.26. The van der Waals surface area contributed by atoms with Gasteiger partial charge in [-0.05, 0) is 0 Å². The highest BCUT2D eigenvalue weighted by Gasteiger charge is 2.26. The zero-order valence-corrected chi connectivity index (χ0v) is 3.64. The van der Waals surface area contributed by atoms with Gasteiger partial charge in [-0.2, -0.15) is 0 Å². The first-order valence-electron chi connectivity index (χ1n) is 1.70. The average Bonchev–Trinajstić information content (AvgIpc) is 1.64. The summed E-state index contributed by atoms with van der Waals surface area (Å²) in [6, 6.07) is 0. The van der Waals surface area contributed by atoms with Gasteiger partial charge in [0.05, 0.1) is 0 Å². The fourth-order valence-corrected chi connectivity index (χ4v) is 0.108. The first-order valence-corrected chi connectivity index (χ1v) is 1.70. The number of alkyl halides is 3. The van der Waals surface area contributed by atoms with E-state index in [2.05, 4.69) is 0 Å². The number of carboxylic acids is 1. The number of rotatable bonds is 2. The molecule has 0 saturated heterocycles. The van der Waals surface area contributed by atoms with Gasteiger partial charge in [-0.3, -0.25) is 0 Å². The van der Waals surface area contributed by atoms with Gasteiger partial charge < -0.3 is 5.11 Å². The van der Waals surface area contributed by atoms with Crippen molar-refractivity contribution in [3.05, 3.63) is 0 Å². The molecular weight excluding hydrogens is 125 g/mol. The largest absolute Gasteiger partial charge is 0.479 e. The monoisotopic (exact) mass is 128 g/mol. The van der Waals surface area contributed by atoms with Crippen molar-refractivity contribution in [1.82, 2.24) is 0 Å². The molecular formula is C3H3F3O2. The van der Waals surface area contributed by atoms with Gasteiger partial charge in [0.1, 0.15) is 0 Å². The Morgan fingerprint density at radius 1 is 1.38 bits per heavy atom. The van der Waals surface area contributed by atoms with Crippen molar-refractivity contribution >= 4 is 5.97 Å². The van der Waals surface area contributed by atoms with Crippen LogP contribution in [0.5, 0.6) is 0 Å². The van der Waals surface area contributed by atoms with Gasteiger partial charge in [-0.25, -0.2) is 18.0 Å². The zero-order valence-electron chi connectivity index (χ0n) is 3.64. The summed E-state index contributed by atoms with van der Waals surface area (Å²) < 4.78 is 33.1. The van der Waals surface area contributed by atoms with Gasteiger partial charge in [0.25, 0.3) is 12.6 Å². The van der Waals surface area contributed by atoms with Gasteiger partial charge in [-0.15, -0.1) is 0 Å². The van der Waals surface area contributed by atoms with Crippen molar-refractivity contribution in [2.45, 2.75) is 12.6 Å². The fraction of sp³-hybridized carbons (Fsp3) is 0.667. The molecule has 1 N–H and O–H groups in total. The minimum atomic E-state index is -3.42. The molecule has 0 fully saturated rings. The van der Waals surface area contributed by atoms with Crippen molar-refractivity contribution < 1.29 is 23.1 Å². The third kappa shape index (κ3) is 1.81. The Hall–Kier alpha value is -0.740. The Morgan fingerprint density at radius 3 is 1.75 bits per heavy atom. The molecule has 0 radical (unpaired) electrons. The number of aliphatic carboxylic acids is 1. The Balaban J connectivity index is 3.64. The molecule has 0 heterocycles. The van der Waals surface area contributed by atoms with Crippen LogP contribution < -0.4 is 0 Å². The quantitative estimate of drug-likeness (QED) is 0.593. The molecule has 0 aliphatic rings. The van der Waals surface area contributed by atoms with Crippen molar-refractivity contribution in [2.75, 3.05) is 0 Å². The van der Waals surface area contributed by atoms with E-state index in [1.807, 2.05) is 0 Å². The molecule has 0 amide bonds. The molecule has 2 nitrogen and oxygen atoms in total. The van der Waals surface area contributed by atoms with Crippen LogP contribution in [0.25, 0.3) is 0 Å². The van der Waals surface area contributed by atoms with Crippen molar-refractivity contribution in [3.63, 3.8) is 0 Å². The molecule has 1 atom stereocenters. The Labute approximate surface area is 42.9 Å². The molecule has 0 aromatic carbocycles. The molecule has 0 aromatic rings. The fourth-order valence-electron chi connectivity index (χ4n) is 0.108. The molecule has 0 saturated carbocycles. The van der Waals surface area contributed by atoms with Crippen LogP contribution >= 0.6 is 0 Å². The minimum Gasteiger partial charge on any atom is -0.479 e. The second-order valence-electron chi connectivity index (χ2n) is 1.07. The highest BCUT2D eigenvalue weighted by atomic mass is 19.3. The molecule has 0 bridgehead atoms. The summed E-state index contributed by atoms with van der Waals surface area (Å²) >= 11 is 0. The summed E-state index contributed by atoms with van der Waals surface area (Å²) in [6.45, 7) is 0. The lowest BCUT2D eigenvalue weighted by atomic mass is 10.4. The lowest BCUT2D eigenvalue weighted by Gasteiger charge is -1.96. The van der Waals surface area contributed by atoms with E-state index >= 15 is 0 Å². The second-order valence-corrected chi connectivity index (χ2v) is 1.07. The summed E-state index contributed by atoms with van der Waals surface area (Å²) in [5, 5.41) is 7.50. The first-order chi connectivity index (χ1) is 3.55. The van der Waals surface area contributed by atoms with E-state index in [-0.39, 0.29) is 0 Å². The number of halogens is 3. The summed E-state index contributed by atoms with van der Waals surface area (Å²) in [6.07, 6.45) is -6.47. The number of carboxylic acid groups (broad SMARTS) is 1. The van der Waals surface area contributed by atoms with E-state index in [0.29, 0.717) is 0 Å². The predicted octanol–water partition coefficient (Wildman–Crippen LogP) is 0.674. The Bertz CT molecular complexity index is 92.5. The maximum Gasteiger partial charge on any atom is 0.344 e. The topological polar surface area (TPSA) is 37.3 Å². The van der Waals surface area contributed by atoms with Gasteiger partial charge in [0, 0.05) is 0 Å². The molecule has 48 valence electrons. The van der Waals surface area contributed by atoms with E-state index in [0.717, 1.165) is 0 Å². The molecule has 1 unspecified atom stereocenters. The SMILES string of the molecule is O=C(O)C(F)C(F)F. The maximum atomic E-state index is 11.3. The summed E-state index contributed by atoms with van der Waals surface area (Å²) in [4.78, 5) is 9.29. The van der Waals surface area contributed by atoms with Crippen LogP contribution in [-0.4, -0.2) is 23.7 Å². The molecule has 8 heavy (non-hydrogen) atoms. The summed E-state index contributed by atoms with van der Waals surface area (Å²) in [5.41, 5.74) is 0. The minimum absolute atomic E-state index is 2.12. The standard InChI is InChI=1S/C3H3F3O2/c4-1(2(5)6)3(7)8/h1-2H,(H,7,8). The van der Waals surface area contributed by atoms with E-state index in [1.54, 1.807) is 0 Å². The van der Waals surface area contributed by atoms with Crippen LogP contribution in [0.1, 0.15) is 0 Å². The van der Waals surface area contributed by atoms with Gasteiger partial charge >= 0.3 is 5.97 Å². The van der Waals surface area contributed by atoms with Crippen LogP contribution in [0.15, 0.2) is 0 Å². The van der Waals surface area contributed by atoms with Crippen molar-refractivity contribution in [1.29, 1.82) is 0 Å². The van der Waals surface area contributed by atoms with E-state index < -0.39 is 18.6 Å². The van der Waals surface area contributed by atoms with Gasteiger partial charge in [0.15, 0.2) is 0 Å². The van der Waals surface area contributed by atoms with Crippen LogP contribution in [0.2, 0.25) is 0 Å². The van der Waals surface area contributed by atoms with Crippen LogP contribution in [0, 0.1) is 0 Å². The Morgan fingerprint density at radius 2 is 1.75 bits per heavy atom. The second kappa shape index (κ2) is 2.54. The third-order valence-corrected chi connectivity index (χ3v) is 0.457. The average molecular weight is 128 g/mol.